The lowest BCUT2D eigenvalue weighted by molar-refractivity contribution is 0.114. The molecule has 6 nitrogen and oxygen atoms in total. The van der Waals surface area contributed by atoms with Crippen LogP contribution in [-0.2, 0) is 19.4 Å². The van der Waals surface area contributed by atoms with Crippen LogP contribution in [0.3, 0.4) is 0 Å². The van der Waals surface area contributed by atoms with Gasteiger partial charge in [0.2, 0.25) is 0 Å². The summed E-state index contributed by atoms with van der Waals surface area (Å²) >= 11 is 0. The third-order valence-corrected chi connectivity index (χ3v) is 8.21. The Bertz CT molecular complexity index is 1250. The molecule has 0 saturated carbocycles. The number of hydrogen-bond donors (Lipinski definition) is 1. The average molecular weight is 533 g/mol. The fourth-order valence-electron chi connectivity index (χ4n) is 5.16. The van der Waals surface area contributed by atoms with Crippen LogP contribution in [0.25, 0.3) is 0 Å². The van der Waals surface area contributed by atoms with E-state index >= 15 is 0 Å². The molecule has 0 unspecified atom stereocenters. The second-order valence-corrected chi connectivity index (χ2v) is 11.3. The van der Waals surface area contributed by atoms with E-state index in [1.54, 1.807) is 20.3 Å². The SMILES string of the molecule is CCN(Cc1ccc(OCC(C)(C)N(C)C)cc1)c1cc(OC)c(OC)cc1[C@@H]1CCc2cc(O)ccc2C1. The molecular formula is C33H44N2O4. The lowest BCUT2D eigenvalue weighted by Crippen LogP contribution is -2.43. The maximum Gasteiger partial charge on any atom is 0.162 e. The zero-order valence-electron chi connectivity index (χ0n) is 24.6. The van der Waals surface area contributed by atoms with Crippen LogP contribution in [0.5, 0.6) is 23.0 Å². The number of phenolic OH excluding ortho intramolecular Hbond substituents is 1. The number of methoxy groups -OCH3 is 2. The summed E-state index contributed by atoms with van der Waals surface area (Å²) in [6, 6.07) is 18.5. The Balaban J connectivity index is 1.59. The van der Waals surface area contributed by atoms with Crippen molar-refractivity contribution in [3.8, 4) is 23.0 Å². The molecule has 4 rings (SSSR count). The molecule has 0 radical (unpaired) electrons. The van der Waals surface area contributed by atoms with Crippen LogP contribution >= 0.6 is 0 Å². The summed E-state index contributed by atoms with van der Waals surface area (Å²) in [4.78, 5) is 4.59. The number of anilines is 1. The van der Waals surface area contributed by atoms with E-state index in [9.17, 15) is 5.11 Å². The van der Waals surface area contributed by atoms with Gasteiger partial charge in [-0.25, -0.2) is 0 Å². The number of likely N-dealkylation sites (N-methyl/N-ethyl adjacent to an activating group) is 1. The predicted molar refractivity (Wildman–Crippen MR) is 159 cm³/mol. The highest BCUT2D eigenvalue weighted by Gasteiger charge is 2.26. The highest BCUT2D eigenvalue weighted by molar-refractivity contribution is 5.64. The molecule has 210 valence electrons. The van der Waals surface area contributed by atoms with E-state index in [4.69, 9.17) is 14.2 Å². The van der Waals surface area contributed by atoms with Crippen molar-refractivity contribution < 1.29 is 19.3 Å². The van der Waals surface area contributed by atoms with Crippen molar-refractivity contribution in [2.45, 2.75) is 58.0 Å². The summed E-state index contributed by atoms with van der Waals surface area (Å²) in [6.45, 7) is 8.81. The molecule has 0 amide bonds. The first-order valence-electron chi connectivity index (χ1n) is 13.9. The second-order valence-electron chi connectivity index (χ2n) is 11.3. The van der Waals surface area contributed by atoms with Gasteiger partial charge in [0, 0.05) is 30.4 Å². The maximum atomic E-state index is 9.94. The molecule has 0 bridgehead atoms. The molecule has 1 N–H and O–H groups in total. The van der Waals surface area contributed by atoms with Crippen LogP contribution in [0.1, 0.15) is 55.4 Å². The van der Waals surface area contributed by atoms with Crippen molar-refractivity contribution in [1.82, 2.24) is 4.90 Å². The van der Waals surface area contributed by atoms with Gasteiger partial charge in [-0.1, -0.05) is 18.2 Å². The molecule has 0 spiro atoms. The minimum absolute atomic E-state index is 0.0402. The van der Waals surface area contributed by atoms with Gasteiger partial charge in [-0.2, -0.15) is 0 Å². The van der Waals surface area contributed by atoms with Crippen molar-refractivity contribution >= 4 is 5.69 Å². The zero-order valence-corrected chi connectivity index (χ0v) is 24.6. The quantitative estimate of drug-likeness (QED) is 0.307. The highest BCUT2D eigenvalue weighted by atomic mass is 16.5. The minimum Gasteiger partial charge on any atom is -0.508 e. The molecule has 39 heavy (non-hydrogen) atoms. The van der Waals surface area contributed by atoms with E-state index in [0.717, 1.165) is 49.6 Å². The van der Waals surface area contributed by atoms with Crippen molar-refractivity contribution in [3.05, 3.63) is 76.9 Å². The molecule has 0 heterocycles. The van der Waals surface area contributed by atoms with Gasteiger partial charge >= 0.3 is 0 Å². The van der Waals surface area contributed by atoms with Crippen molar-refractivity contribution in [1.29, 1.82) is 0 Å². The van der Waals surface area contributed by atoms with E-state index in [-0.39, 0.29) is 5.54 Å². The largest absolute Gasteiger partial charge is 0.508 e. The smallest absolute Gasteiger partial charge is 0.162 e. The van der Waals surface area contributed by atoms with E-state index < -0.39 is 0 Å². The Hall–Kier alpha value is -3.38. The Kier molecular flexibility index (Phi) is 8.96. The van der Waals surface area contributed by atoms with Gasteiger partial charge in [0.15, 0.2) is 11.5 Å². The van der Waals surface area contributed by atoms with Gasteiger partial charge in [-0.3, -0.25) is 0 Å². The van der Waals surface area contributed by atoms with Gasteiger partial charge in [0.05, 0.1) is 14.2 Å². The third-order valence-electron chi connectivity index (χ3n) is 8.21. The lowest BCUT2D eigenvalue weighted by Gasteiger charge is -2.32. The van der Waals surface area contributed by atoms with Gasteiger partial charge in [0.25, 0.3) is 0 Å². The molecular weight excluding hydrogens is 488 g/mol. The number of aryl methyl sites for hydroxylation is 1. The number of ether oxygens (including phenoxy) is 3. The second kappa shape index (κ2) is 12.2. The van der Waals surface area contributed by atoms with Crippen LogP contribution in [0.4, 0.5) is 5.69 Å². The molecule has 1 aliphatic rings. The predicted octanol–water partition coefficient (Wildman–Crippen LogP) is 6.43. The molecule has 0 aromatic heterocycles. The normalized spacial score (nSPS) is 15.1. The standard InChI is InChI=1S/C33H44N2O4/c1-8-35(21-23-9-15-28(16-10-23)39-22-33(2,3)34(4)5)30-20-32(38-7)31(37-6)19-29(30)26-12-11-25-18-27(36)14-13-24(25)17-26/h9-10,13-16,18-20,26,36H,8,11-12,17,21-22H2,1-7H3/t26-/m1/s1. The van der Waals surface area contributed by atoms with Crippen LogP contribution in [0.2, 0.25) is 0 Å². The minimum atomic E-state index is -0.0402. The molecule has 6 heteroatoms. The number of aromatic hydroxyl groups is 1. The zero-order chi connectivity index (χ0) is 28.2. The summed E-state index contributed by atoms with van der Waals surface area (Å²) in [5.41, 5.74) is 6.19. The number of phenols is 1. The number of hydrogen-bond acceptors (Lipinski definition) is 6. The number of benzene rings is 3. The Morgan fingerprint density at radius 3 is 2.26 bits per heavy atom. The number of rotatable bonds is 11. The summed E-state index contributed by atoms with van der Waals surface area (Å²) < 4.78 is 17.5. The van der Waals surface area contributed by atoms with E-state index in [0.29, 0.717) is 18.3 Å². The van der Waals surface area contributed by atoms with Crippen LogP contribution in [0, 0.1) is 0 Å². The fourth-order valence-corrected chi connectivity index (χ4v) is 5.16. The molecule has 1 atom stereocenters. The first-order chi connectivity index (χ1) is 18.6. The first kappa shape index (κ1) is 28.6. The topological polar surface area (TPSA) is 54.4 Å². The van der Waals surface area contributed by atoms with Gasteiger partial charge in [-0.15, -0.1) is 0 Å². The summed E-state index contributed by atoms with van der Waals surface area (Å²) in [5, 5.41) is 9.94. The lowest BCUT2D eigenvalue weighted by atomic mass is 9.79. The van der Waals surface area contributed by atoms with Crippen LogP contribution in [0.15, 0.2) is 54.6 Å². The highest BCUT2D eigenvalue weighted by Crippen LogP contribution is 2.43. The molecule has 0 saturated heterocycles. The Morgan fingerprint density at radius 1 is 0.923 bits per heavy atom. The molecule has 3 aromatic rings. The molecule has 0 fully saturated rings. The van der Waals surface area contributed by atoms with Crippen LogP contribution in [-0.4, -0.2) is 57.0 Å². The molecule has 3 aromatic carbocycles. The Morgan fingerprint density at radius 2 is 1.62 bits per heavy atom. The van der Waals surface area contributed by atoms with Crippen molar-refractivity contribution in [3.63, 3.8) is 0 Å². The van der Waals surface area contributed by atoms with Crippen molar-refractivity contribution in [2.24, 2.45) is 0 Å². The monoisotopic (exact) mass is 532 g/mol. The Labute approximate surface area is 234 Å². The van der Waals surface area contributed by atoms with Crippen molar-refractivity contribution in [2.75, 3.05) is 46.4 Å². The molecule has 1 aliphatic carbocycles. The fraction of sp³-hybridized carbons (Fsp3) is 0.455. The van der Waals surface area contributed by atoms with Gasteiger partial charge in [-0.05, 0) is 113 Å². The summed E-state index contributed by atoms with van der Waals surface area (Å²) in [6.07, 6.45) is 2.90. The van der Waals surface area contributed by atoms with Gasteiger partial charge in [0.1, 0.15) is 18.1 Å². The summed E-state index contributed by atoms with van der Waals surface area (Å²) in [7, 11) is 7.54. The number of nitrogens with zero attached hydrogens (tertiary/aromatic N) is 2. The van der Waals surface area contributed by atoms with E-state index in [1.165, 1.54) is 27.9 Å². The van der Waals surface area contributed by atoms with E-state index in [2.05, 4.69) is 87.1 Å². The first-order valence-corrected chi connectivity index (χ1v) is 13.9. The molecule has 0 aliphatic heterocycles. The van der Waals surface area contributed by atoms with Gasteiger partial charge < -0.3 is 29.1 Å². The number of fused-ring (bicyclic) bond motifs is 1. The van der Waals surface area contributed by atoms with E-state index in [1.807, 2.05) is 6.07 Å². The maximum absolute atomic E-state index is 9.94. The average Bonchev–Trinajstić information content (AvgIpc) is 2.94. The van der Waals surface area contributed by atoms with Crippen LogP contribution < -0.4 is 19.1 Å². The third kappa shape index (κ3) is 6.62. The summed E-state index contributed by atoms with van der Waals surface area (Å²) in [5.74, 6) is 3.07.